The second kappa shape index (κ2) is 11.4. The van der Waals surface area contributed by atoms with E-state index in [1.165, 1.54) is 0 Å². The van der Waals surface area contributed by atoms with Gasteiger partial charge < -0.3 is 0 Å². The number of rotatable bonds is 6. The second-order valence-electron chi connectivity index (χ2n) is 10.1. The Balaban J connectivity index is 1.36. The van der Waals surface area contributed by atoms with E-state index in [0.717, 1.165) is 61.6 Å². The van der Waals surface area contributed by atoms with Crippen molar-refractivity contribution in [2.24, 2.45) is 0 Å². The van der Waals surface area contributed by atoms with Crippen LogP contribution in [0.15, 0.2) is 164 Å². The van der Waals surface area contributed by atoms with Crippen molar-refractivity contribution >= 4 is 0 Å². The van der Waals surface area contributed by atoms with Gasteiger partial charge in [0.1, 0.15) is 0 Å². The van der Waals surface area contributed by atoms with Crippen molar-refractivity contribution in [3.8, 4) is 67.4 Å². The highest BCUT2D eigenvalue weighted by atomic mass is 14.9. The summed E-state index contributed by atoms with van der Waals surface area (Å²) >= 11 is 0. The maximum absolute atomic E-state index is 5.21. The van der Waals surface area contributed by atoms with Crippen molar-refractivity contribution in [1.82, 2.24) is 15.0 Å². The molecule has 0 fully saturated rings. The van der Waals surface area contributed by atoms with Gasteiger partial charge in [-0.05, 0) is 28.8 Å². The predicted octanol–water partition coefficient (Wildman–Crippen LogP) is 9.87. The average Bonchev–Trinajstić information content (AvgIpc) is 3.09. The lowest BCUT2D eigenvalue weighted by molar-refractivity contribution is 1.18. The van der Waals surface area contributed by atoms with Crippen LogP contribution < -0.4 is 0 Å². The highest BCUT2D eigenvalue weighted by Gasteiger charge is 2.20. The quantitative estimate of drug-likeness (QED) is 0.212. The molecule has 0 saturated carbocycles. The molecule has 0 aliphatic heterocycles. The molecule has 198 valence electrons. The van der Waals surface area contributed by atoms with Gasteiger partial charge in [-0.3, -0.25) is 4.98 Å². The van der Waals surface area contributed by atoms with Crippen molar-refractivity contribution in [2.45, 2.75) is 0 Å². The number of pyridine rings is 1. The molecule has 2 aromatic heterocycles. The molecule has 0 N–H and O–H groups in total. The first-order valence-corrected chi connectivity index (χ1v) is 14.0. The Kier molecular flexibility index (Phi) is 6.89. The summed E-state index contributed by atoms with van der Waals surface area (Å²) in [4.78, 5) is 14.8. The Hall–Kier alpha value is -5.67. The van der Waals surface area contributed by atoms with Crippen LogP contribution in [0, 0.1) is 0 Å². The Bertz CT molecular complexity index is 1920. The minimum atomic E-state index is 0.707. The van der Waals surface area contributed by atoms with Crippen LogP contribution in [-0.2, 0) is 0 Å². The molecule has 0 bridgehead atoms. The van der Waals surface area contributed by atoms with Gasteiger partial charge in [-0.1, -0.05) is 146 Å². The van der Waals surface area contributed by atoms with E-state index in [9.17, 15) is 0 Å². The summed E-state index contributed by atoms with van der Waals surface area (Å²) < 4.78 is 0. The lowest BCUT2D eigenvalue weighted by Crippen LogP contribution is -2.00. The van der Waals surface area contributed by atoms with Gasteiger partial charge in [0.2, 0.25) is 0 Å². The topological polar surface area (TPSA) is 38.7 Å². The second-order valence-corrected chi connectivity index (χ2v) is 10.1. The highest BCUT2D eigenvalue weighted by molar-refractivity contribution is 5.92. The number of aromatic nitrogens is 3. The van der Waals surface area contributed by atoms with Crippen LogP contribution in [0.4, 0.5) is 0 Å². The number of nitrogens with zero attached hydrogens (tertiary/aromatic N) is 3. The molecule has 0 radical (unpaired) electrons. The zero-order valence-corrected chi connectivity index (χ0v) is 22.9. The monoisotopic (exact) mass is 537 g/mol. The highest BCUT2D eigenvalue weighted by Crippen LogP contribution is 2.40. The lowest BCUT2D eigenvalue weighted by Gasteiger charge is -2.17. The third-order valence-electron chi connectivity index (χ3n) is 7.39. The first kappa shape index (κ1) is 25.3. The Morgan fingerprint density at radius 3 is 1.26 bits per heavy atom. The molecule has 7 aromatic rings. The molecular formula is C39H27N3. The van der Waals surface area contributed by atoms with Crippen LogP contribution in [-0.4, -0.2) is 15.0 Å². The van der Waals surface area contributed by atoms with Gasteiger partial charge in [-0.25, -0.2) is 9.97 Å². The SMILES string of the molecule is c1ccc(-c2nc(-c3ccccc3)c(-c3ccccc3)c(-c3ccc(-c4ccc(-c5ccccn5)cc4)cc3)n2)cc1. The fraction of sp³-hybridized carbons (Fsp3) is 0. The molecule has 0 saturated heterocycles. The molecular weight excluding hydrogens is 510 g/mol. The summed E-state index contributed by atoms with van der Waals surface area (Å²) in [6, 6.07) is 54.2. The van der Waals surface area contributed by atoms with Crippen molar-refractivity contribution < 1.29 is 0 Å². The van der Waals surface area contributed by atoms with Gasteiger partial charge >= 0.3 is 0 Å². The van der Waals surface area contributed by atoms with Gasteiger partial charge in [0, 0.05) is 34.0 Å². The van der Waals surface area contributed by atoms with Crippen molar-refractivity contribution in [3.05, 3.63) is 164 Å². The van der Waals surface area contributed by atoms with Crippen LogP contribution in [0.25, 0.3) is 67.4 Å². The molecule has 0 amide bonds. The number of benzene rings is 5. The summed E-state index contributed by atoms with van der Waals surface area (Å²) in [5, 5.41) is 0. The van der Waals surface area contributed by atoms with E-state index in [-0.39, 0.29) is 0 Å². The van der Waals surface area contributed by atoms with Gasteiger partial charge in [0.15, 0.2) is 5.82 Å². The molecule has 42 heavy (non-hydrogen) atoms. The standard InChI is InChI=1S/C39H27N3/c1-4-12-31(13-5-1)36-37(32-14-6-2-7-15-32)41-39(34-16-8-3-9-17-34)42-38(36)33-25-21-29(22-26-33)28-19-23-30(24-20-28)35-18-10-11-27-40-35/h1-27H. The Labute approximate surface area is 245 Å². The summed E-state index contributed by atoms with van der Waals surface area (Å²) in [5.74, 6) is 0.707. The van der Waals surface area contributed by atoms with Gasteiger partial charge in [-0.2, -0.15) is 0 Å². The van der Waals surface area contributed by atoms with Crippen molar-refractivity contribution in [3.63, 3.8) is 0 Å². The molecule has 0 aliphatic carbocycles. The van der Waals surface area contributed by atoms with Gasteiger partial charge in [0.05, 0.1) is 17.1 Å². The molecule has 0 spiro atoms. The van der Waals surface area contributed by atoms with Crippen LogP contribution in [0.5, 0.6) is 0 Å². The average molecular weight is 538 g/mol. The number of hydrogen-bond acceptors (Lipinski definition) is 3. The molecule has 2 heterocycles. The fourth-order valence-corrected chi connectivity index (χ4v) is 5.26. The molecule has 0 atom stereocenters. The van der Waals surface area contributed by atoms with E-state index in [1.807, 2.05) is 54.7 Å². The summed E-state index contributed by atoms with van der Waals surface area (Å²) in [6.45, 7) is 0. The van der Waals surface area contributed by atoms with E-state index in [2.05, 4.69) is 114 Å². The Morgan fingerprint density at radius 1 is 0.310 bits per heavy atom. The van der Waals surface area contributed by atoms with E-state index in [0.29, 0.717) is 5.82 Å². The van der Waals surface area contributed by atoms with E-state index in [1.54, 1.807) is 0 Å². The Morgan fingerprint density at radius 2 is 0.738 bits per heavy atom. The van der Waals surface area contributed by atoms with Gasteiger partial charge in [0.25, 0.3) is 0 Å². The first-order valence-electron chi connectivity index (χ1n) is 14.0. The van der Waals surface area contributed by atoms with E-state index in [4.69, 9.17) is 9.97 Å². The third kappa shape index (κ3) is 5.12. The normalized spacial score (nSPS) is 10.9. The zero-order chi connectivity index (χ0) is 28.1. The third-order valence-corrected chi connectivity index (χ3v) is 7.39. The van der Waals surface area contributed by atoms with Crippen molar-refractivity contribution in [2.75, 3.05) is 0 Å². The van der Waals surface area contributed by atoms with Crippen LogP contribution >= 0.6 is 0 Å². The summed E-state index contributed by atoms with van der Waals surface area (Å²) in [5.41, 5.74) is 11.4. The van der Waals surface area contributed by atoms with E-state index < -0.39 is 0 Å². The van der Waals surface area contributed by atoms with Crippen LogP contribution in [0.2, 0.25) is 0 Å². The largest absolute Gasteiger partial charge is 0.256 e. The fourth-order valence-electron chi connectivity index (χ4n) is 5.26. The first-order chi connectivity index (χ1) is 20.8. The summed E-state index contributed by atoms with van der Waals surface area (Å²) in [6.07, 6.45) is 1.82. The molecule has 3 heteroatoms. The van der Waals surface area contributed by atoms with E-state index >= 15 is 0 Å². The maximum atomic E-state index is 5.21. The maximum Gasteiger partial charge on any atom is 0.160 e. The molecule has 5 aromatic carbocycles. The molecule has 7 rings (SSSR count). The minimum Gasteiger partial charge on any atom is -0.256 e. The smallest absolute Gasteiger partial charge is 0.160 e. The predicted molar refractivity (Wildman–Crippen MR) is 172 cm³/mol. The lowest BCUT2D eigenvalue weighted by atomic mass is 9.93. The van der Waals surface area contributed by atoms with Gasteiger partial charge in [-0.15, -0.1) is 0 Å². The number of hydrogen-bond donors (Lipinski definition) is 0. The van der Waals surface area contributed by atoms with Crippen LogP contribution in [0.3, 0.4) is 0 Å². The minimum absolute atomic E-state index is 0.707. The molecule has 3 nitrogen and oxygen atoms in total. The van der Waals surface area contributed by atoms with Crippen LogP contribution in [0.1, 0.15) is 0 Å². The molecule has 0 unspecified atom stereocenters. The van der Waals surface area contributed by atoms with Crippen molar-refractivity contribution in [1.29, 1.82) is 0 Å². The zero-order valence-electron chi connectivity index (χ0n) is 22.9. The summed E-state index contributed by atoms with van der Waals surface area (Å²) in [7, 11) is 0. The molecule has 0 aliphatic rings.